The molecule has 1 aromatic heterocycles. The van der Waals surface area contributed by atoms with Crippen molar-refractivity contribution in [1.29, 1.82) is 0 Å². The normalized spacial score (nSPS) is 10.6. The van der Waals surface area contributed by atoms with Crippen LogP contribution in [-0.2, 0) is 11.2 Å². The molecule has 2 aromatic rings. The molecule has 0 fully saturated rings. The number of aryl methyl sites for hydroxylation is 1. The summed E-state index contributed by atoms with van der Waals surface area (Å²) < 4.78 is 5.17. The molecule has 0 amide bonds. The van der Waals surface area contributed by atoms with E-state index >= 15 is 0 Å². The molecular formula is C13H13NO4. The summed E-state index contributed by atoms with van der Waals surface area (Å²) >= 11 is 0. The number of nitrogens with one attached hydrogen (secondary N) is 1. The fraction of sp³-hybridized carbons (Fsp3) is 0.231. The van der Waals surface area contributed by atoms with Crippen molar-refractivity contribution in [3.8, 4) is 5.75 Å². The van der Waals surface area contributed by atoms with Gasteiger partial charge < -0.3 is 14.8 Å². The lowest BCUT2D eigenvalue weighted by molar-refractivity contribution is -0.136. The van der Waals surface area contributed by atoms with E-state index in [4.69, 9.17) is 9.84 Å². The predicted octanol–water partition coefficient (Wildman–Crippen LogP) is 1.47. The summed E-state index contributed by atoms with van der Waals surface area (Å²) in [5, 5.41) is 9.55. The minimum absolute atomic E-state index is 0.242. The number of fused-ring (bicyclic) bond motifs is 1. The van der Waals surface area contributed by atoms with Crippen LogP contribution < -0.4 is 10.3 Å². The van der Waals surface area contributed by atoms with E-state index in [9.17, 15) is 9.59 Å². The maximum Gasteiger partial charge on any atom is 0.308 e. The van der Waals surface area contributed by atoms with Crippen LogP contribution in [0.5, 0.6) is 5.75 Å². The molecule has 0 atom stereocenters. The second-order valence-electron chi connectivity index (χ2n) is 4.07. The van der Waals surface area contributed by atoms with Crippen LogP contribution in [0, 0.1) is 6.92 Å². The van der Waals surface area contributed by atoms with Crippen molar-refractivity contribution in [2.24, 2.45) is 0 Å². The Morgan fingerprint density at radius 1 is 1.44 bits per heavy atom. The molecule has 94 valence electrons. The van der Waals surface area contributed by atoms with E-state index in [1.54, 1.807) is 12.1 Å². The molecule has 0 saturated heterocycles. The molecule has 5 nitrogen and oxygen atoms in total. The molecule has 0 unspecified atom stereocenters. The summed E-state index contributed by atoms with van der Waals surface area (Å²) in [6.45, 7) is 1.89. The quantitative estimate of drug-likeness (QED) is 0.860. The molecule has 1 heterocycles. The zero-order valence-corrected chi connectivity index (χ0v) is 10.1. The molecule has 2 N–H and O–H groups in total. The smallest absolute Gasteiger partial charge is 0.308 e. The molecule has 0 radical (unpaired) electrons. The van der Waals surface area contributed by atoms with E-state index in [-0.39, 0.29) is 12.0 Å². The van der Waals surface area contributed by atoms with Gasteiger partial charge in [-0.15, -0.1) is 0 Å². The van der Waals surface area contributed by atoms with E-state index in [1.807, 2.05) is 13.0 Å². The van der Waals surface area contributed by atoms with E-state index in [1.165, 1.54) is 7.11 Å². The zero-order chi connectivity index (χ0) is 13.3. The lowest BCUT2D eigenvalue weighted by Gasteiger charge is -2.08. The number of pyridine rings is 1. The molecule has 0 bridgehead atoms. The summed E-state index contributed by atoms with van der Waals surface area (Å²) in [6.07, 6.45) is -0.290. The molecule has 0 aliphatic rings. The highest BCUT2D eigenvalue weighted by atomic mass is 16.5. The Bertz CT molecular complexity index is 672. The maximum atomic E-state index is 11.8. The van der Waals surface area contributed by atoms with Crippen LogP contribution in [0.4, 0.5) is 0 Å². The second kappa shape index (κ2) is 4.52. The highest BCUT2D eigenvalue weighted by Gasteiger charge is 2.11. The number of aromatic amines is 1. The Morgan fingerprint density at radius 2 is 2.17 bits per heavy atom. The van der Waals surface area contributed by atoms with Crippen molar-refractivity contribution in [3.63, 3.8) is 0 Å². The number of benzene rings is 1. The number of carbonyl (C=O) groups is 1. The molecule has 2 rings (SSSR count). The third-order valence-corrected chi connectivity index (χ3v) is 2.84. The first-order valence-corrected chi connectivity index (χ1v) is 5.44. The molecular weight excluding hydrogens is 234 g/mol. The Hall–Kier alpha value is -2.30. The van der Waals surface area contributed by atoms with Crippen LogP contribution in [0.15, 0.2) is 23.0 Å². The second-order valence-corrected chi connectivity index (χ2v) is 4.07. The number of hydrogen-bond donors (Lipinski definition) is 2. The van der Waals surface area contributed by atoms with Crippen molar-refractivity contribution in [2.75, 3.05) is 7.11 Å². The molecule has 5 heteroatoms. The van der Waals surface area contributed by atoms with Crippen molar-refractivity contribution < 1.29 is 14.6 Å². The van der Waals surface area contributed by atoms with E-state index in [2.05, 4.69) is 4.98 Å². The topological polar surface area (TPSA) is 79.4 Å². The van der Waals surface area contributed by atoms with Crippen LogP contribution in [-0.4, -0.2) is 23.2 Å². The number of ether oxygens (including phenoxy) is 1. The maximum absolute atomic E-state index is 11.8. The minimum atomic E-state index is -1.03. The first-order valence-electron chi connectivity index (χ1n) is 5.44. The molecule has 0 spiro atoms. The lowest BCUT2D eigenvalue weighted by Crippen LogP contribution is -2.16. The number of aliphatic carboxylic acids is 1. The van der Waals surface area contributed by atoms with E-state index in [0.29, 0.717) is 11.3 Å². The Labute approximate surface area is 103 Å². The third-order valence-electron chi connectivity index (χ3n) is 2.84. The van der Waals surface area contributed by atoms with Gasteiger partial charge in [-0.2, -0.15) is 0 Å². The SMILES string of the molecule is COc1ccc(C)c2cc(CC(=O)O)c(=O)[nH]c12. The largest absolute Gasteiger partial charge is 0.495 e. The van der Waals surface area contributed by atoms with Crippen LogP contribution in [0.2, 0.25) is 0 Å². The van der Waals surface area contributed by atoms with Gasteiger partial charge in [0.2, 0.25) is 0 Å². The van der Waals surface area contributed by atoms with E-state index in [0.717, 1.165) is 10.9 Å². The van der Waals surface area contributed by atoms with Crippen LogP contribution in [0.3, 0.4) is 0 Å². The van der Waals surface area contributed by atoms with Gasteiger partial charge in [-0.1, -0.05) is 6.07 Å². The van der Waals surface area contributed by atoms with Gasteiger partial charge in [0.05, 0.1) is 19.0 Å². The third kappa shape index (κ3) is 2.07. The van der Waals surface area contributed by atoms with Gasteiger partial charge >= 0.3 is 5.97 Å². The fourth-order valence-electron chi connectivity index (χ4n) is 1.92. The van der Waals surface area contributed by atoms with Crippen molar-refractivity contribution in [1.82, 2.24) is 4.98 Å². The van der Waals surface area contributed by atoms with Crippen LogP contribution >= 0.6 is 0 Å². The zero-order valence-electron chi connectivity index (χ0n) is 10.1. The first-order chi connectivity index (χ1) is 8.52. The fourth-order valence-corrected chi connectivity index (χ4v) is 1.92. The van der Waals surface area contributed by atoms with Crippen molar-refractivity contribution in [2.45, 2.75) is 13.3 Å². The van der Waals surface area contributed by atoms with Crippen molar-refractivity contribution >= 4 is 16.9 Å². The molecule has 18 heavy (non-hydrogen) atoms. The van der Waals surface area contributed by atoms with Gasteiger partial charge in [0.25, 0.3) is 5.56 Å². The predicted molar refractivity (Wildman–Crippen MR) is 67.2 cm³/mol. The molecule has 1 aromatic carbocycles. The average Bonchev–Trinajstić information content (AvgIpc) is 2.31. The van der Waals surface area contributed by atoms with Gasteiger partial charge in [-0.3, -0.25) is 9.59 Å². The number of aromatic nitrogens is 1. The van der Waals surface area contributed by atoms with Crippen molar-refractivity contribution in [3.05, 3.63) is 39.7 Å². The highest BCUT2D eigenvalue weighted by Crippen LogP contribution is 2.25. The minimum Gasteiger partial charge on any atom is -0.495 e. The summed E-state index contributed by atoms with van der Waals surface area (Å²) in [5.74, 6) is -0.463. The van der Waals surface area contributed by atoms with Gasteiger partial charge in [0.15, 0.2) is 0 Å². The van der Waals surface area contributed by atoms with Gasteiger partial charge in [-0.05, 0) is 24.6 Å². The van der Waals surface area contributed by atoms with Crippen LogP contribution in [0.25, 0.3) is 10.9 Å². The lowest BCUT2D eigenvalue weighted by atomic mass is 10.1. The molecule has 0 saturated carbocycles. The summed E-state index contributed by atoms with van der Waals surface area (Å²) in [4.78, 5) is 25.1. The van der Waals surface area contributed by atoms with E-state index < -0.39 is 11.5 Å². The van der Waals surface area contributed by atoms with Gasteiger partial charge in [0.1, 0.15) is 5.75 Å². The molecule has 0 aliphatic heterocycles. The monoisotopic (exact) mass is 247 g/mol. The Kier molecular flexibility index (Phi) is 3.06. The average molecular weight is 247 g/mol. The number of rotatable bonds is 3. The number of hydrogen-bond acceptors (Lipinski definition) is 3. The first kappa shape index (κ1) is 12.2. The highest BCUT2D eigenvalue weighted by molar-refractivity contribution is 5.88. The standard InChI is InChI=1S/C13H13NO4/c1-7-3-4-10(18-2)12-9(7)5-8(6-11(15)16)13(17)14-12/h3-5H,6H2,1-2H3,(H,14,17)(H,15,16). The molecule has 0 aliphatic carbocycles. The van der Waals surface area contributed by atoms with Crippen LogP contribution in [0.1, 0.15) is 11.1 Å². The Balaban J connectivity index is 2.74. The number of carboxylic acid groups (broad SMARTS) is 1. The van der Waals surface area contributed by atoms with Gasteiger partial charge in [0, 0.05) is 10.9 Å². The summed E-state index contributed by atoms with van der Waals surface area (Å²) in [6, 6.07) is 5.24. The number of carboxylic acids is 1. The Morgan fingerprint density at radius 3 is 2.78 bits per heavy atom. The number of H-pyrrole nitrogens is 1. The summed E-state index contributed by atoms with van der Waals surface area (Å²) in [7, 11) is 1.52. The summed E-state index contributed by atoms with van der Waals surface area (Å²) in [5.41, 5.74) is 1.39. The van der Waals surface area contributed by atoms with Gasteiger partial charge in [-0.25, -0.2) is 0 Å². The number of methoxy groups -OCH3 is 1.